The van der Waals surface area contributed by atoms with Gasteiger partial charge in [-0.2, -0.15) is 0 Å². The van der Waals surface area contributed by atoms with E-state index in [2.05, 4.69) is 9.59 Å². The van der Waals surface area contributed by atoms with E-state index < -0.39 is 9.05 Å². The second-order valence-corrected chi connectivity index (χ2v) is 5.75. The minimum Gasteiger partial charge on any atom is -0.212 e. The number of halogens is 1. The quantitative estimate of drug-likeness (QED) is 0.720. The molecule has 1 heterocycles. The summed E-state index contributed by atoms with van der Waals surface area (Å²) >= 11 is 1.25. The highest BCUT2D eigenvalue weighted by molar-refractivity contribution is 8.13. The molecular weight excluding hydrogens is 220 g/mol. The third-order valence-corrected chi connectivity index (χ3v) is 3.02. The van der Waals surface area contributed by atoms with E-state index in [9.17, 15) is 8.42 Å². The number of aryl methyl sites for hydroxylation is 1. The minimum absolute atomic E-state index is 0.00785. The molecule has 1 rings (SSSR count). The lowest BCUT2D eigenvalue weighted by Gasteiger charge is -1.92. The number of aromatic nitrogens is 2. The van der Waals surface area contributed by atoms with Crippen LogP contribution in [0.4, 0.5) is 0 Å². The summed E-state index contributed by atoms with van der Waals surface area (Å²) in [5.74, 6) is -0.00785. The summed E-state index contributed by atoms with van der Waals surface area (Å²) in [5.41, 5.74) is 0.820. The van der Waals surface area contributed by atoms with Crippen molar-refractivity contribution in [2.75, 3.05) is 5.75 Å². The maximum atomic E-state index is 10.5. The van der Waals surface area contributed by atoms with Crippen LogP contribution in [0, 0.1) is 0 Å². The molecule has 0 aliphatic carbocycles. The lowest BCUT2D eigenvalue weighted by Crippen LogP contribution is -1.99. The Morgan fingerprint density at radius 1 is 1.58 bits per heavy atom. The predicted molar refractivity (Wildman–Crippen MR) is 47.9 cm³/mol. The van der Waals surface area contributed by atoms with E-state index in [0.29, 0.717) is 12.8 Å². The summed E-state index contributed by atoms with van der Waals surface area (Å²) in [5, 5.41) is 5.56. The van der Waals surface area contributed by atoms with E-state index in [1.807, 2.05) is 0 Å². The zero-order valence-electron chi connectivity index (χ0n) is 6.10. The zero-order chi connectivity index (χ0) is 9.03. The SMILES string of the molecule is O=S(=O)(Cl)CCCc1csnn1. The van der Waals surface area contributed by atoms with Crippen LogP contribution in [0.2, 0.25) is 0 Å². The molecule has 0 bridgehead atoms. The molecule has 1 aromatic heterocycles. The van der Waals surface area contributed by atoms with Crippen molar-refractivity contribution in [3.8, 4) is 0 Å². The second-order valence-electron chi connectivity index (χ2n) is 2.24. The van der Waals surface area contributed by atoms with Gasteiger partial charge in [0.05, 0.1) is 11.4 Å². The molecule has 0 amide bonds. The lowest BCUT2D eigenvalue weighted by atomic mass is 10.3. The maximum Gasteiger partial charge on any atom is 0.232 e. The predicted octanol–water partition coefficient (Wildman–Crippen LogP) is 1.04. The van der Waals surface area contributed by atoms with Gasteiger partial charge in [0.1, 0.15) is 0 Å². The fraction of sp³-hybridized carbons (Fsp3) is 0.600. The van der Waals surface area contributed by atoms with E-state index in [-0.39, 0.29) is 5.75 Å². The molecule has 0 aromatic carbocycles. The standard InChI is InChI=1S/C5H7ClN2O2S2/c6-12(9,10)3-1-2-5-4-11-8-7-5/h4H,1-3H2. The molecular formula is C5H7ClN2O2S2. The summed E-state index contributed by atoms with van der Waals surface area (Å²) < 4.78 is 24.6. The van der Waals surface area contributed by atoms with Gasteiger partial charge in [-0.1, -0.05) is 4.49 Å². The van der Waals surface area contributed by atoms with Gasteiger partial charge in [0.15, 0.2) is 0 Å². The van der Waals surface area contributed by atoms with Gasteiger partial charge in [-0.3, -0.25) is 0 Å². The highest BCUT2D eigenvalue weighted by Crippen LogP contribution is 2.04. The number of hydrogen-bond acceptors (Lipinski definition) is 5. The van der Waals surface area contributed by atoms with Crippen molar-refractivity contribution in [3.63, 3.8) is 0 Å². The first-order valence-electron chi connectivity index (χ1n) is 3.26. The van der Waals surface area contributed by atoms with Crippen molar-refractivity contribution in [1.29, 1.82) is 0 Å². The molecule has 0 spiro atoms. The average molecular weight is 227 g/mol. The Hall–Kier alpha value is -0.200. The molecule has 0 N–H and O–H groups in total. The van der Waals surface area contributed by atoms with Crippen LogP contribution < -0.4 is 0 Å². The van der Waals surface area contributed by atoms with E-state index in [1.165, 1.54) is 11.5 Å². The average Bonchev–Trinajstić information content (AvgIpc) is 2.36. The van der Waals surface area contributed by atoms with E-state index >= 15 is 0 Å². The normalized spacial score (nSPS) is 11.8. The molecule has 12 heavy (non-hydrogen) atoms. The van der Waals surface area contributed by atoms with Crippen molar-refractivity contribution in [3.05, 3.63) is 11.1 Å². The molecule has 0 aliphatic rings. The summed E-state index contributed by atoms with van der Waals surface area (Å²) in [7, 11) is 1.66. The Morgan fingerprint density at radius 3 is 2.83 bits per heavy atom. The van der Waals surface area contributed by atoms with Crippen LogP contribution in [0.5, 0.6) is 0 Å². The highest BCUT2D eigenvalue weighted by Gasteiger charge is 2.05. The molecule has 1 aromatic rings. The van der Waals surface area contributed by atoms with Crippen LogP contribution >= 0.6 is 22.2 Å². The van der Waals surface area contributed by atoms with Gasteiger partial charge in [-0.05, 0) is 24.4 Å². The van der Waals surface area contributed by atoms with Crippen molar-refractivity contribution in [1.82, 2.24) is 9.59 Å². The molecule has 0 atom stereocenters. The van der Waals surface area contributed by atoms with Crippen LogP contribution in [0.25, 0.3) is 0 Å². The van der Waals surface area contributed by atoms with Crippen LogP contribution in [0.15, 0.2) is 5.38 Å². The van der Waals surface area contributed by atoms with Crippen LogP contribution in [-0.4, -0.2) is 23.8 Å². The van der Waals surface area contributed by atoms with Gasteiger partial charge in [-0.15, -0.1) is 5.10 Å². The third kappa shape index (κ3) is 3.99. The highest BCUT2D eigenvalue weighted by atomic mass is 35.7. The Morgan fingerprint density at radius 2 is 2.33 bits per heavy atom. The van der Waals surface area contributed by atoms with Gasteiger partial charge < -0.3 is 0 Å². The first-order chi connectivity index (χ1) is 5.58. The van der Waals surface area contributed by atoms with E-state index in [1.54, 1.807) is 5.38 Å². The Bertz CT molecular complexity index is 321. The van der Waals surface area contributed by atoms with Gasteiger partial charge in [-0.25, -0.2) is 8.42 Å². The summed E-state index contributed by atoms with van der Waals surface area (Å²) in [6, 6.07) is 0. The van der Waals surface area contributed by atoms with Crippen LogP contribution in [-0.2, 0) is 15.5 Å². The van der Waals surface area contributed by atoms with Gasteiger partial charge in [0, 0.05) is 16.1 Å². The van der Waals surface area contributed by atoms with Gasteiger partial charge in [0.2, 0.25) is 9.05 Å². The topological polar surface area (TPSA) is 59.9 Å². The number of rotatable bonds is 4. The smallest absolute Gasteiger partial charge is 0.212 e. The molecule has 0 saturated carbocycles. The van der Waals surface area contributed by atoms with Crippen molar-refractivity contribution >= 4 is 31.3 Å². The molecule has 7 heteroatoms. The number of nitrogens with zero attached hydrogens (tertiary/aromatic N) is 2. The Balaban J connectivity index is 2.29. The first kappa shape index (κ1) is 9.88. The fourth-order valence-corrected chi connectivity index (χ4v) is 2.02. The summed E-state index contributed by atoms with van der Waals surface area (Å²) in [4.78, 5) is 0. The zero-order valence-corrected chi connectivity index (χ0v) is 8.49. The van der Waals surface area contributed by atoms with Gasteiger partial charge in [0.25, 0.3) is 0 Å². The lowest BCUT2D eigenvalue weighted by molar-refractivity contribution is 0.606. The van der Waals surface area contributed by atoms with Crippen molar-refractivity contribution in [2.45, 2.75) is 12.8 Å². The number of hydrogen-bond donors (Lipinski definition) is 0. The maximum absolute atomic E-state index is 10.5. The molecule has 0 radical (unpaired) electrons. The van der Waals surface area contributed by atoms with Crippen molar-refractivity contribution in [2.24, 2.45) is 0 Å². The molecule has 68 valence electrons. The minimum atomic E-state index is -3.35. The molecule has 4 nitrogen and oxygen atoms in total. The fourth-order valence-electron chi connectivity index (χ4n) is 0.719. The molecule has 0 saturated heterocycles. The third-order valence-electron chi connectivity index (χ3n) is 1.23. The van der Waals surface area contributed by atoms with E-state index in [4.69, 9.17) is 10.7 Å². The Kier molecular flexibility index (Phi) is 3.42. The molecule has 0 aliphatic heterocycles. The molecule has 0 unspecified atom stereocenters. The monoisotopic (exact) mass is 226 g/mol. The first-order valence-corrected chi connectivity index (χ1v) is 6.58. The van der Waals surface area contributed by atoms with Crippen molar-refractivity contribution < 1.29 is 8.42 Å². The summed E-state index contributed by atoms with van der Waals surface area (Å²) in [6.07, 6.45) is 1.11. The van der Waals surface area contributed by atoms with E-state index in [0.717, 1.165) is 5.69 Å². The van der Waals surface area contributed by atoms with Crippen LogP contribution in [0.1, 0.15) is 12.1 Å². The molecule has 0 fully saturated rings. The second kappa shape index (κ2) is 4.15. The largest absolute Gasteiger partial charge is 0.232 e. The van der Waals surface area contributed by atoms with Gasteiger partial charge >= 0.3 is 0 Å². The Labute approximate surface area is 79.1 Å². The van der Waals surface area contributed by atoms with Crippen LogP contribution in [0.3, 0.4) is 0 Å². The summed E-state index contributed by atoms with van der Waals surface area (Å²) in [6.45, 7) is 0.